The van der Waals surface area contributed by atoms with Crippen LogP contribution in [-0.2, 0) is 5.41 Å². The Balaban J connectivity index is 1.05. The second-order valence-electron chi connectivity index (χ2n) is 20.8. The molecule has 0 radical (unpaired) electrons. The van der Waals surface area contributed by atoms with Crippen molar-refractivity contribution in [3.8, 4) is 67.4 Å². The fraction of sp³-hybridized carbons (Fsp3) is 0.0133. The number of nitrogens with zero attached hydrogens (tertiary/aromatic N) is 4. The first-order chi connectivity index (χ1) is 40.2. The Morgan fingerprint density at radius 1 is 0.272 bits per heavy atom. The van der Waals surface area contributed by atoms with E-state index in [2.05, 4.69) is 265 Å². The topological polar surface area (TPSA) is 58.5 Å². The van der Waals surface area contributed by atoms with Crippen LogP contribution in [-0.4, -0.2) is 9.97 Å². The Labute approximate surface area is 468 Å². The molecule has 0 atom stereocenters. The number of anilines is 6. The van der Waals surface area contributed by atoms with Gasteiger partial charge in [-0.15, -0.1) is 0 Å². The Kier molecular flexibility index (Phi) is 10.7. The number of fused-ring (bicyclic) bond motifs is 14. The predicted octanol–water partition coefficient (Wildman–Crippen LogP) is 19.9. The van der Waals surface area contributed by atoms with Crippen LogP contribution in [0.2, 0.25) is 0 Å². The number of hydrogen-bond acceptors (Lipinski definition) is 6. The first kappa shape index (κ1) is 46.3. The zero-order valence-electron chi connectivity index (χ0n) is 43.8. The Hall–Kier alpha value is -10.8. The number of para-hydroxylation sites is 2. The third kappa shape index (κ3) is 7.27. The van der Waals surface area contributed by atoms with E-state index in [0.717, 1.165) is 101 Å². The van der Waals surface area contributed by atoms with E-state index < -0.39 is 5.41 Å². The summed E-state index contributed by atoms with van der Waals surface area (Å²) < 4.78 is 14.9. The van der Waals surface area contributed by atoms with Gasteiger partial charge in [-0.05, 0) is 141 Å². The van der Waals surface area contributed by atoms with Crippen LogP contribution < -0.4 is 9.80 Å². The van der Waals surface area contributed by atoms with Crippen molar-refractivity contribution in [2.75, 3.05) is 9.80 Å². The zero-order valence-corrected chi connectivity index (χ0v) is 43.8. The van der Waals surface area contributed by atoms with Gasteiger partial charge < -0.3 is 18.6 Å². The van der Waals surface area contributed by atoms with Gasteiger partial charge in [-0.25, -0.2) is 9.97 Å². The molecule has 0 amide bonds. The number of oxazole rings is 2. The summed E-state index contributed by atoms with van der Waals surface area (Å²) in [4.78, 5) is 15.9. The standard InChI is InChI=1S/C75H48N4O2/c1-7-23-49(24-8-1)51-39-43-57(44-40-51)78(55-31-15-5-16-32-55)65-47-63-67(71-69(65)76-73(80-71)53-27-11-3-12-28-53)68-64(75(63)61-37-21-19-35-59(61)60-36-20-22-38-62(60)75)48-66(70-72(68)81-74(77-70)54-29-13-4-14-30-54)79(56-33-17-6-18-34-56)58-45-41-52(42-46-58)50-25-9-2-10-26-50/h1-48H. The van der Waals surface area contributed by atoms with Crippen molar-refractivity contribution in [1.29, 1.82) is 0 Å². The molecule has 0 saturated carbocycles. The van der Waals surface area contributed by atoms with Crippen molar-refractivity contribution in [1.82, 2.24) is 9.97 Å². The summed E-state index contributed by atoms with van der Waals surface area (Å²) in [5.74, 6) is 1.04. The second kappa shape index (κ2) is 18.7. The van der Waals surface area contributed by atoms with E-state index in [0.29, 0.717) is 22.9 Å². The van der Waals surface area contributed by atoms with Crippen LogP contribution >= 0.6 is 0 Å². The monoisotopic (exact) mass is 1040 g/mol. The molecule has 2 heterocycles. The van der Waals surface area contributed by atoms with Crippen molar-refractivity contribution in [2.45, 2.75) is 5.41 Å². The van der Waals surface area contributed by atoms with E-state index in [1.54, 1.807) is 0 Å². The molecule has 16 rings (SSSR count). The fourth-order valence-electron chi connectivity index (χ4n) is 12.8. The zero-order chi connectivity index (χ0) is 53.4. The van der Waals surface area contributed by atoms with E-state index in [1.807, 2.05) is 36.4 Å². The van der Waals surface area contributed by atoms with Gasteiger partial charge in [-0.1, -0.05) is 206 Å². The van der Waals surface area contributed by atoms with Crippen molar-refractivity contribution in [3.05, 3.63) is 313 Å². The minimum atomic E-state index is -0.901. The molecule has 81 heavy (non-hydrogen) atoms. The van der Waals surface area contributed by atoms with Crippen LogP contribution in [0.5, 0.6) is 0 Å². The van der Waals surface area contributed by atoms with Gasteiger partial charge in [-0.3, -0.25) is 0 Å². The highest BCUT2D eigenvalue weighted by atomic mass is 16.4. The molecule has 2 aromatic heterocycles. The molecule has 380 valence electrons. The molecule has 0 fully saturated rings. The fourth-order valence-corrected chi connectivity index (χ4v) is 12.8. The summed E-state index contributed by atoms with van der Waals surface area (Å²) in [6.45, 7) is 0. The number of rotatable bonds is 10. The second-order valence-corrected chi connectivity index (χ2v) is 20.8. The normalized spacial score (nSPS) is 12.5. The molecule has 12 aromatic carbocycles. The lowest BCUT2D eigenvalue weighted by atomic mass is 9.70. The first-order valence-corrected chi connectivity index (χ1v) is 27.5. The smallest absolute Gasteiger partial charge is 0.227 e. The maximum Gasteiger partial charge on any atom is 0.227 e. The minimum Gasteiger partial charge on any atom is -0.435 e. The molecule has 6 heteroatoms. The molecule has 0 bridgehead atoms. The van der Waals surface area contributed by atoms with Gasteiger partial charge in [0.15, 0.2) is 11.2 Å². The van der Waals surface area contributed by atoms with Gasteiger partial charge in [0.1, 0.15) is 11.0 Å². The van der Waals surface area contributed by atoms with Crippen LogP contribution in [0.4, 0.5) is 34.1 Å². The predicted molar refractivity (Wildman–Crippen MR) is 329 cm³/mol. The van der Waals surface area contributed by atoms with E-state index in [9.17, 15) is 0 Å². The molecule has 2 aliphatic carbocycles. The number of hydrogen-bond donors (Lipinski definition) is 0. The summed E-state index contributed by atoms with van der Waals surface area (Å²) in [7, 11) is 0. The molecule has 2 aliphatic rings. The third-order valence-electron chi connectivity index (χ3n) is 16.3. The average molecular weight is 1040 g/mol. The molecule has 0 aliphatic heterocycles. The van der Waals surface area contributed by atoms with Gasteiger partial charge in [0.05, 0.1) is 16.8 Å². The van der Waals surface area contributed by atoms with Crippen LogP contribution in [0.25, 0.3) is 89.6 Å². The molecule has 1 spiro atoms. The third-order valence-corrected chi connectivity index (χ3v) is 16.3. The van der Waals surface area contributed by atoms with Gasteiger partial charge in [0.25, 0.3) is 0 Å². The number of aromatic nitrogens is 2. The van der Waals surface area contributed by atoms with Crippen molar-refractivity contribution >= 4 is 56.3 Å². The van der Waals surface area contributed by atoms with Crippen molar-refractivity contribution < 1.29 is 8.83 Å². The van der Waals surface area contributed by atoms with Crippen LogP contribution in [0.3, 0.4) is 0 Å². The van der Waals surface area contributed by atoms with Crippen molar-refractivity contribution in [2.24, 2.45) is 0 Å². The largest absolute Gasteiger partial charge is 0.435 e. The van der Waals surface area contributed by atoms with Crippen LogP contribution in [0.15, 0.2) is 300 Å². The van der Waals surface area contributed by atoms with E-state index >= 15 is 0 Å². The first-order valence-electron chi connectivity index (χ1n) is 27.5. The van der Waals surface area contributed by atoms with E-state index in [1.165, 1.54) is 22.3 Å². The molecular weight excluding hydrogens is 989 g/mol. The highest BCUT2D eigenvalue weighted by molar-refractivity contribution is 6.16. The van der Waals surface area contributed by atoms with Gasteiger partial charge in [0, 0.05) is 45.0 Å². The Bertz CT molecular complexity index is 4360. The van der Waals surface area contributed by atoms with E-state index in [-0.39, 0.29) is 0 Å². The summed E-state index contributed by atoms with van der Waals surface area (Å²) in [6, 6.07) is 103. The summed E-state index contributed by atoms with van der Waals surface area (Å²) >= 11 is 0. The molecule has 0 unspecified atom stereocenters. The maximum atomic E-state index is 7.47. The molecule has 6 nitrogen and oxygen atoms in total. The Morgan fingerprint density at radius 3 is 0.938 bits per heavy atom. The van der Waals surface area contributed by atoms with Gasteiger partial charge >= 0.3 is 0 Å². The highest BCUT2D eigenvalue weighted by Gasteiger charge is 2.55. The average Bonchev–Trinajstić information content (AvgIpc) is 3.26. The van der Waals surface area contributed by atoms with Gasteiger partial charge in [0.2, 0.25) is 11.8 Å². The lowest BCUT2D eigenvalue weighted by Crippen LogP contribution is -2.26. The lowest BCUT2D eigenvalue weighted by molar-refractivity contribution is 0.616. The molecular formula is C75H48N4O2. The number of benzene rings is 12. The molecule has 0 saturated heterocycles. The van der Waals surface area contributed by atoms with Crippen molar-refractivity contribution in [3.63, 3.8) is 0 Å². The lowest BCUT2D eigenvalue weighted by Gasteiger charge is -2.33. The maximum absolute atomic E-state index is 7.47. The highest BCUT2D eigenvalue weighted by Crippen LogP contribution is 2.67. The summed E-state index contributed by atoms with van der Waals surface area (Å²) in [6.07, 6.45) is 0. The van der Waals surface area contributed by atoms with E-state index in [4.69, 9.17) is 18.8 Å². The SMILES string of the molecule is c1ccc(-c2ccc(N(c3ccccc3)c3cc4c(c5oc(-c6ccccc6)nc35)-c3c(cc(N(c5ccccc5)c5ccc(-c6ccccc6)cc5)c5nc(-c6ccccc6)oc35)C43c4ccccc4-c4ccccc43)cc2)cc1. The summed E-state index contributed by atoms with van der Waals surface area (Å²) in [5.41, 5.74) is 22.5. The quantitative estimate of drug-likeness (QED) is 0.136. The minimum absolute atomic E-state index is 0.520. The molecule has 14 aromatic rings. The van der Waals surface area contributed by atoms with Gasteiger partial charge in [-0.2, -0.15) is 0 Å². The summed E-state index contributed by atoms with van der Waals surface area (Å²) in [5, 5.41) is 0. The molecule has 0 N–H and O–H groups in total. The van der Waals surface area contributed by atoms with Crippen LogP contribution in [0, 0.1) is 0 Å². The van der Waals surface area contributed by atoms with Crippen LogP contribution in [0.1, 0.15) is 22.3 Å². The Morgan fingerprint density at radius 2 is 0.568 bits per heavy atom.